The molecule has 1 N–H and O–H groups in total. The highest BCUT2D eigenvalue weighted by molar-refractivity contribution is 14.1. The van der Waals surface area contributed by atoms with E-state index in [2.05, 4.69) is 27.9 Å². The number of carbonyl (C=O) groups excluding carboxylic acids is 1. The molecule has 0 radical (unpaired) electrons. The van der Waals surface area contributed by atoms with Gasteiger partial charge < -0.3 is 5.32 Å². The molecule has 0 saturated heterocycles. The topological polar surface area (TPSA) is 72.2 Å². The number of nitro groups is 1. The van der Waals surface area contributed by atoms with Gasteiger partial charge in [0.25, 0.3) is 11.6 Å². The number of hydrogen-bond acceptors (Lipinski definition) is 3. The summed E-state index contributed by atoms with van der Waals surface area (Å²) in [6.07, 6.45) is 0.759. The number of non-ortho nitro benzene ring substituents is 1. The zero-order valence-electron chi connectivity index (χ0n) is 11.6. The molecular formula is C15H12ClIN2O3. The molecule has 0 fully saturated rings. The van der Waals surface area contributed by atoms with E-state index in [1.165, 1.54) is 18.2 Å². The summed E-state index contributed by atoms with van der Waals surface area (Å²) in [5, 5.41) is 13.7. The van der Waals surface area contributed by atoms with Gasteiger partial charge in [-0.15, -0.1) is 0 Å². The van der Waals surface area contributed by atoms with Gasteiger partial charge in [0.1, 0.15) is 0 Å². The summed E-state index contributed by atoms with van der Waals surface area (Å²) < 4.78 is 1.07. The predicted octanol–water partition coefficient (Wildman–Crippen LogP) is 4.67. The first-order valence-electron chi connectivity index (χ1n) is 6.46. The van der Waals surface area contributed by atoms with Gasteiger partial charge in [0.05, 0.1) is 15.5 Å². The van der Waals surface area contributed by atoms with E-state index in [1.54, 1.807) is 0 Å². The summed E-state index contributed by atoms with van der Waals surface area (Å²) in [6.45, 7) is 1.99. The maximum atomic E-state index is 12.3. The van der Waals surface area contributed by atoms with E-state index in [1.807, 2.05) is 25.1 Å². The van der Waals surface area contributed by atoms with Crippen molar-refractivity contribution in [3.8, 4) is 0 Å². The number of aryl methyl sites for hydroxylation is 1. The second-order valence-electron chi connectivity index (χ2n) is 4.53. The van der Waals surface area contributed by atoms with Crippen molar-refractivity contribution < 1.29 is 9.72 Å². The van der Waals surface area contributed by atoms with E-state index in [4.69, 9.17) is 11.6 Å². The number of hydrogen-bond donors (Lipinski definition) is 1. The van der Waals surface area contributed by atoms with Crippen molar-refractivity contribution in [3.05, 3.63) is 66.2 Å². The predicted molar refractivity (Wildman–Crippen MR) is 94.6 cm³/mol. The fraction of sp³-hybridized carbons (Fsp3) is 0.133. The van der Waals surface area contributed by atoms with E-state index < -0.39 is 10.8 Å². The van der Waals surface area contributed by atoms with Gasteiger partial charge in [0.2, 0.25) is 0 Å². The van der Waals surface area contributed by atoms with Gasteiger partial charge in [-0.05, 0) is 58.8 Å². The van der Waals surface area contributed by atoms with Crippen molar-refractivity contribution in [2.75, 3.05) is 5.32 Å². The molecule has 0 aliphatic heterocycles. The molecule has 0 atom stereocenters. The lowest BCUT2D eigenvalue weighted by Crippen LogP contribution is -2.14. The smallest absolute Gasteiger partial charge is 0.270 e. The number of anilines is 1. The van der Waals surface area contributed by atoms with Crippen molar-refractivity contribution in [1.29, 1.82) is 0 Å². The van der Waals surface area contributed by atoms with Crippen LogP contribution in [-0.4, -0.2) is 10.8 Å². The minimum absolute atomic E-state index is 0.0801. The number of rotatable bonds is 4. The van der Waals surface area contributed by atoms with Gasteiger partial charge in [-0.2, -0.15) is 0 Å². The molecule has 1 amide bonds. The van der Waals surface area contributed by atoms with Crippen molar-refractivity contribution in [2.45, 2.75) is 13.3 Å². The molecule has 2 aromatic carbocycles. The van der Waals surface area contributed by atoms with Crippen LogP contribution in [0.2, 0.25) is 5.02 Å². The number of nitrogens with zero attached hydrogens (tertiary/aromatic N) is 1. The first-order chi connectivity index (χ1) is 10.4. The second kappa shape index (κ2) is 7.06. The third-order valence-corrected chi connectivity index (χ3v) is 4.10. The van der Waals surface area contributed by atoms with Gasteiger partial charge in [-0.3, -0.25) is 14.9 Å². The van der Waals surface area contributed by atoms with E-state index >= 15 is 0 Å². The minimum atomic E-state index is -0.560. The molecule has 22 heavy (non-hydrogen) atoms. The SMILES string of the molecule is CCc1cc(I)ccc1NC(=O)c1cc([N+](=O)[O-])ccc1Cl. The van der Waals surface area contributed by atoms with Gasteiger partial charge in [0.15, 0.2) is 0 Å². The number of nitrogens with one attached hydrogen (secondary N) is 1. The fourth-order valence-electron chi connectivity index (χ4n) is 1.97. The van der Waals surface area contributed by atoms with E-state index in [0.717, 1.165) is 15.6 Å². The summed E-state index contributed by atoms with van der Waals surface area (Å²) in [4.78, 5) is 22.6. The molecule has 0 aromatic heterocycles. The Morgan fingerprint density at radius 3 is 2.68 bits per heavy atom. The van der Waals surface area contributed by atoms with Crippen LogP contribution >= 0.6 is 34.2 Å². The Kier molecular flexibility index (Phi) is 5.36. The lowest BCUT2D eigenvalue weighted by Gasteiger charge is -2.11. The van der Waals surface area contributed by atoms with Crippen LogP contribution in [-0.2, 0) is 6.42 Å². The van der Waals surface area contributed by atoms with Crippen molar-refractivity contribution >= 4 is 51.5 Å². The van der Waals surface area contributed by atoms with Crippen LogP contribution in [0.3, 0.4) is 0 Å². The summed E-state index contributed by atoms with van der Waals surface area (Å²) in [5.41, 5.74) is 1.57. The molecule has 0 unspecified atom stereocenters. The van der Waals surface area contributed by atoms with Crippen LogP contribution in [0.25, 0.3) is 0 Å². The maximum absolute atomic E-state index is 12.3. The van der Waals surface area contributed by atoms with Gasteiger partial charge in [0, 0.05) is 21.4 Å². The largest absolute Gasteiger partial charge is 0.322 e. The molecule has 0 heterocycles. The van der Waals surface area contributed by atoms with E-state index in [9.17, 15) is 14.9 Å². The highest BCUT2D eigenvalue weighted by Crippen LogP contribution is 2.25. The van der Waals surface area contributed by atoms with Crippen LogP contribution in [0.1, 0.15) is 22.8 Å². The van der Waals surface area contributed by atoms with Crippen LogP contribution < -0.4 is 5.32 Å². The molecule has 2 aromatic rings. The molecule has 0 aliphatic rings. The fourth-order valence-corrected chi connectivity index (χ4v) is 2.73. The molecule has 5 nitrogen and oxygen atoms in total. The van der Waals surface area contributed by atoms with Crippen LogP contribution in [0, 0.1) is 13.7 Å². The molecule has 2 rings (SSSR count). The molecule has 0 bridgehead atoms. The Balaban J connectivity index is 2.33. The Labute approximate surface area is 146 Å². The average Bonchev–Trinajstić information content (AvgIpc) is 2.49. The summed E-state index contributed by atoms with van der Waals surface area (Å²) >= 11 is 8.17. The third kappa shape index (κ3) is 3.75. The summed E-state index contributed by atoms with van der Waals surface area (Å²) in [7, 11) is 0. The minimum Gasteiger partial charge on any atom is -0.322 e. The number of benzene rings is 2. The Morgan fingerprint density at radius 2 is 2.05 bits per heavy atom. The summed E-state index contributed by atoms with van der Waals surface area (Å²) in [6, 6.07) is 9.46. The molecule has 114 valence electrons. The third-order valence-electron chi connectivity index (χ3n) is 3.10. The van der Waals surface area contributed by atoms with Crippen LogP contribution in [0.4, 0.5) is 11.4 Å². The average molecular weight is 431 g/mol. The summed E-state index contributed by atoms with van der Waals surface area (Å²) in [5.74, 6) is -0.468. The normalized spacial score (nSPS) is 10.3. The van der Waals surface area contributed by atoms with Crippen molar-refractivity contribution in [2.24, 2.45) is 0 Å². The number of amides is 1. The Hall–Kier alpha value is -1.67. The highest BCUT2D eigenvalue weighted by Gasteiger charge is 2.16. The number of carbonyl (C=O) groups is 1. The van der Waals surface area contributed by atoms with Crippen molar-refractivity contribution in [3.63, 3.8) is 0 Å². The molecular weight excluding hydrogens is 419 g/mol. The van der Waals surface area contributed by atoms with Gasteiger partial charge >= 0.3 is 0 Å². The standard InChI is InChI=1S/C15H12ClIN2O3/c1-2-9-7-10(17)3-6-14(9)18-15(20)12-8-11(19(21)22)4-5-13(12)16/h3-8H,2H2,1H3,(H,18,20). The molecule has 0 saturated carbocycles. The van der Waals surface area contributed by atoms with Gasteiger partial charge in [-0.25, -0.2) is 0 Å². The lowest BCUT2D eigenvalue weighted by atomic mass is 10.1. The zero-order chi connectivity index (χ0) is 16.3. The zero-order valence-corrected chi connectivity index (χ0v) is 14.5. The quantitative estimate of drug-likeness (QED) is 0.435. The highest BCUT2D eigenvalue weighted by atomic mass is 127. The van der Waals surface area contributed by atoms with Gasteiger partial charge in [-0.1, -0.05) is 18.5 Å². The van der Waals surface area contributed by atoms with E-state index in [-0.39, 0.29) is 16.3 Å². The van der Waals surface area contributed by atoms with Crippen molar-refractivity contribution in [1.82, 2.24) is 0 Å². The number of halogens is 2. The maximum Gasteiger partial charge on any atom is 0.270 e. The monoisotopic (exact) mass is 430 g/mol. The van der Waals surface area contributed by atoms with E-state index in [0.29, 0.717) is 5.69 Å². The second-order valence-corrected chi connectivity index (χ2v) is 6.18. The lowest BCUT2D eigenvalue weighted by molar-refractivity contribution is -0.384. The Morgan fingerprint density at radius 1 is 1.32 bits per heavy atom. The number of nitro benzene ring substituents is 1. The van der Waals surface area contributed by atoms with Crippen LogP contribution in [0.5, 0.6) is 0 Å². The first kappa shape index (κ1) is 16.7. The first-order valence-corrected chi connectivity index (χ1v) is 7.91. The molecule has 0 aliphatic carbocycles. The Bertz CT molecular complexity index is 750. The molecule has 0 spiro atoms. The molecule has 7 heteroatoms. The van der Waals surface area contributed by atoms with Crippen LogP contribution in [0.15, 0.2) is 36.4 Å².